The van der Waals surface area contributed by atoms with Crippen LogP contribution in [-0.4, -0.2) is 48.7 Å². The molecule has 0 aliphatic carbocycles. The summed E-state index contributed by atoms with van der Waals surface area (Å²) in [4.78, 5) is 1.15. The third-order valence-electron chi connectivity index (χ3n) is 2.67. The molecule has 22 heavy (non-hydrogen) atoms. The number of hydrogen-bond donors (Lipinski definition) is 1. The minimum absolute atomic E-state index is 0.0619. The van der Waals surface area contributed by atoms with E-state index in [4.69, 9.17) is 5.11 Å². The van der Waals surface area contributed by atoms with Gasteiger partial charge in [0.1, 0.15) is 5.75 Å². The van der Waals surface area contributed by atoms with Crippen LogP contribution >= 0.6 is 0 Å². The first-order valence-corrected chi connectivity index (χ1v) is 6.20. The van der Waals surface area contributed by atoms with Crippen molar-refractivity contribution in [2.45, 2.75) is 25.0 Å². The number of nitrogens with zero attached hydrogens (tertiary/aromatic N) is 1. The number of ether oxygens (including phenoxy) is 1. The van der Waals surface area contributed by atoms with Crippen LogP contribution in [0.5, 0.6) is 5.75 Å². The summed E-state index contributed by atoms with van der Waals surface area (Å²) < 4.78 is 77.8. The molecule has 0 saturated heterocycles. The number of likely N-dealkylation sites (N-methyl/N-ethyl adjacent to an activating group) is 1. The van der Waals surface area contributed by atoms with E-state index in [9.17, 15) is 26.3 Å². The summed E-state index contributed by atoms with van der Waals surface area (Å²) >= 11 is 0. The van der Waals surface area contributed by atoms with Crippen molar-refractivity contribution in [3.63, 3.8) is 0 Å². The van der Waals surface area contributed by atoms with Crippen LogP contribution in [0.1, 0.15) is 5.56 Å². The van der Waals surface area contributed by atoms with Crippen LogP contribution in [0.2, 0.25) is 0 Å². The minimum atomic E-state index is -4.75. The first-order valence-electron chi connectivity index (χ1n) is 6.20. The van der Waals surface area contributed by atoms with Crippen molar-refractivity contribution in [1.29, 1.82) is 0 Å². The quantitative estimate of drug-likeness (QED) is 0.814. The lowest BCUT2D eigenvalue weighted by atomic mass is 10.2. The number of para-hydroxylation sites is 1. The molecule has 0 radical (unpaired) electrons. The Kier molecular flexibility index (Phi) is 6.07. The van der Waals surface area contributed by atoms with Gasteiger partial charge in [-0.3, -0.25) is 4.90 Å². The molecule has 126 valence electrons. The minimum Gasteiger partial charge on any atom is -0.484 e. The number of aliphatic hydroxyl groups is 1. The summed E-state index contributed by atoms with van der Waals surface area (Å²) in [5.41, 5.74) is 0.295. The van der Waals surface area contributed by atoms with Crippen LogP contribution < -0.4 is 4.74 Å². The number of alkyl halides is 6. The summed E-state index contributed by atoms with van der Waals surface area (Å²) in [5, 5.41) is 8.97. The van der Waals surface area contributed by atoms with E-state index in [0.717, 1.165) is 4.90 Å². The molecule has 0 aliphatic rings. The molecule has 3 nitrogen and oxygen atoms in total. The highest BCUT2D eigenvalue weighted by Gasteiger charge is 2.38. The Morgan fingerprint density at radius 1 is 1.14 bits per heavy atom. The first kappa shape index (κ1) is 18.6. The van der Waals surface area contributed by atoms with Gasteiger partial charge >= 0.3 is 12.4 Å². The largest absolute Gasteiger partial charge is 0.484 e. The van der Waals surface area contributed by atoms with Crippen LogP contribution in [0.15, 0.2) is 24.3 Å². The topological polar surface area (TPSA) is 32.7 Å². The summed E-state index contributed by atoms with van der Waals surface area (Å²) in [6.07, 6.45) is -11.8. The number of hydrogen-bond acceptors (Lipinski definition) is 3. The van der Waals surface area contributed by atoms with Crippen LogP contribution in [0.4, 0.5) is 26.3 Å². The molecule has 0 heterocycles. The monoisotopic (exact) mass is 331 g/mol. The SMILES string of the molecule is CN(Cc1ccccc1OCC(F)(F)F)CC(O)C(F)(F)F. The zero-order valence-corrected chi connectivity index (χ0v) is 11.6. The molecular formula is C13H15F6NO2. The van der Waals surface area contributed by atoms with E-state index in [1.165, 1.54) is 31.3 Å². The number of benzene rings is 1. The van der Waals surface area contributed by atoms with Gasteiger partial charge in [0.2, 0.25) is 0 Å². The second-order valence-electron chi connectivity index (χ2n) is 4.77. The van der Waals surface area contributed by atoms with Gasteiger partial charge in [-0.2, -0.15) is 26.3 Å². The van der Waals surface area contributed by atoms with E-state index in [1.807, 2.05) is 0 Å². The summed E-state index contributed by atoms with van der Waals surface area (Å²) in [7, 11) is 1.31. The maximum Gasteiger partial charge on any atom is 0.422 e. The second-order valence-corrected chi connectivity index (χ2v) is 4.77. The van der Waals surface area contributed by atoms with Crippen molar-refractivity contribution in [2.24, 2.45) is 0 Å². The zero-order valence-electron chi connectivity index (χ0n) is 11.6. The van der Waals surface area contributed by atoms with Crippen molar-refractivity contribution in [3.05, 3.63) is 29.8 Å². The van der Waals surface area contributed by atoms with E-state index in [1.54, 1.807) is 0 Å². The fourth-order valence-electron chi connectivity index (χ4n) is 1.69. The highest BCUT2D eigenvalue weighted by molar-refractivity contribution is 5.33. The van der Waals surface area contributed by atoms with E-state index in [0.29, 0.717) is 5.56 Å². The molecule has 1 unspecified atom stereocenters. The highest BCUT2D eigenvalue weighted by Crippen LogP contribution is 2.24. The van der Waals surface area contributed by atoms with Crippen molar-refractivity contribution >= 4 is 0 Å². The maximum absolute atomic E-state index is 12.3. The molecule has 0 spiro atoms. The lowest BCUT2D eigenvalue weighted by molar-refractivity contribution is -0.207. The molecule has 0 aliphatic heterocycles. The average Bonchev–Trinajstić information content (AvgIpc) is 2.35. The maximum atomic E-state index is 12.3. The average molecular weight is 331 g/mol. The molecule has 1 rings (SSSR count). The van der Waals surface area contributed by atoms with Gasteiger partial charge < -0.3 is 9.84 Å². The van der Waals surface area contributed by atoms with E-state index in [2.05, 4.69) is 4.74 Å². The van der Waals surface area contributed by atoms with E-state index in [-0.39, 0.29) is 12.3 Å². The molecule has 1 aromatic carbocycles. The standard InChI is InChI=1S/C13H15F6NO2/c1-20(7-11(21)13(17,18)19)6-9-4-2-3-5-10(9)22-8-12(14,15)16/h2-5,11,21H,6-8H2,1H3. The van der Waals surface area contributed by atoms with Crippen molar-refractivity contribution < 1.29 is 36.2 Å². The molecule has 0 fully saturated rings. The molecule has 1 aromatic rings. The lowest BCUT2D eigenvalue weighted by Crippen LogP contribution is -2.39. The van der Waals surface area contributed by atoms with E-state index < -0.39 is 31.6 Å². The normalized spacial score (nSPS) is 14.2. The van der Waals surface area contributed by atoms with E-state index >= 15 is 0 Å². The fraction of sp³-hybridized carbons (Fsp3) is 0.538. The van der Waals surface area contributed by atoms with Gasteiger partial charge in [0, 0.05) is 18.7 Å². The van der Waals surface area contributed by atoms with Crippen LogP contribution in [0, 0.1) is 0 Å². The van der Waals surface area contributed by atoms with Gasteiger partial charge in [0.05, 0.1) is 0 Å². The number of aliphatic hydroxyl groups excluding tert-OH is 1. The van der Waals surface area contributed by atoms with Crippen LogP contribution in [0.3, 0.4) is 0 Å². The lowest BCUT2D eigenvalue weighted by Gasteiger charge is -2.23. The van der Waals surface area contributed by atoms with Gasteiger partial charge in [0.25, 0.3) is 0 Å². The van der Waals surface area contributed by atoms with Crippen molar-refractivity contribution in [2.75, 3.05) is 20.2 Å². The van der Waals surface area contributed by atoms with Gasteiger partial charge in [-0.05, 0) is 13.1 Å². The predicted octanol–water partition coefficient (Wildman–Crippen LogP) is 2.98. The smallest absolute Gasteiger partial charge is 0.422 e. The number of rotatable bonds is 6. The Labute approximate surface area is 123 Å². The molecular weight excluding hydrogens is 316 g/mol. The number of halogens is 6. The molecule has 0 aromatic heterocycles. The van der Waals surface area contributed by atoms with Gasteiger partial charge in [-0.15, -0.1) is 0 Å². The highest BCUT2D eigenvalue weighted by atomic mass is 19.4. The summed E-state index contributed by atoms with van der Waals surface area (Å²) in [6, 6.07) is 5.74. The second kappa shape index (κ2) is 7.19. The van der Waals surface area contributed by atoms with Crippen LogP contribution in [0.25, 0.3) is 0 Å². The third-order valence-corrected chi connectivity index (χ3v) is 2.67. The van der Waals surface area contributed by atoms with Gasteiger partial charge in [0.15, 0.2) is 12.7 Å². The summed E-state index contributed by atoms with van der Waals surface area (Å²) in [6.45, 7) is -2.28. The molecule has 9 heteroatoms. The third kappa shape index (κ3) is 6.52. The molecule has 0 amide bonds. The Hall–Kier alpha value is -1.48. The van der Waals surface area contributed by atoms with Crippen LogP contribution in [-0.2, 0) is 6.54 Å². The van der Waals surface area contributed by atoms with Gasteiger partial charge in [-0.1, -0.05) is 18.2 Å². The Balaban J connectivity index is 2.69. The van der Waals surface area contributed by atoms with Gasteiger partial charge in [-0.25, -0.2) is 0 Å². The molecule has 0 bridgehead atoms. The Morgan fingerprint density at radius 3 is 2.27 bits per heavy atom. The Morgan fingerprint density at radius 2 is 1.73 bits per heavy atom. The molecule has 1 N–H and O–H groups in total. The molecule has 1 atom stereocenters. The predicted molar refractivity (Wildman–Crippen MR) is 66.4 cm³/mol. The Bertz CT molecular complexity index is 474. The summed E-state index contributed by atoms with van der Waals surface area (Å²) in [5.74, 6) is -0.0619. The van der Waals surface area contributed by atoms with Crippen molar-refractivity contribution in [3.8, 4) is 5.75 Å². The zero-order chi connectivity index (χ0) is 17.0. The fourth-order valence-corrected chi connectivity index (χ4v) is 1.69. The van der Waals surface area contributed by atoms with Crippen molar-refractivity contribution in [1.82, 2.24) is 4.90 Å². The first-order chi connectivity index (χ1) is 9.99. The molecule has 0 saturated carbocycles.